The number of hydrogen-bond donors (Lipinski definition) is 2. The van der Waals surface area contributed by atoms with Crippen LogP contribution in [0.2, 0.25) is 10.0 Å². The normalized spacial score (nSPS) is 11.2. The van der Waals surface area contributed by atoms with Crippen LogP contribution in [0.5, 0.6) is 0 Å². The second kappa shape index (κ2) is 6.56. The molecule has 0 heterocycles. The van der Waals surface area contributed by atoms with Crippen LogP contribution in [0.1, 0.15) is 5.56 Å². The van der Waals surface area contributed by atoms with Crippen molar-refractivity contribution in [3.63, 3.8) is 0 Å². The highest BCUT2D eigenvalue weighted by atomic mass is 35.5. The van der Waals surface area contributed by atoms with Crippen molar-refractivity contribution >= 4 is 44.6 Å². The fourth-order valence-electron chi connectivity index (χ4n) is 1.76. The topological polar surface area (TPSA) is 58.2 Å². The van der Waals surface area contributed by atoms with E-state index >= 15 is 0 Å². The highest BCUT2D eigenvalue weighted by Gasteiger charge is 2.05. The van der Waals surface area contributed by atoms with Gasteiger partial charge < -0.3 is 5.32 Å². The Morgan fingerprint density at radius 3 is 2.00 bits per heavy atom. The predicted molar refractivity (Wildman–Crippen MR) is 88.7 cm³/mol. The zero-order valence-corrected chi connectivity index (χ0v) is 13.6. The molecule has 4 nitrogen and oxygen atoms in total. The van der Waals surface area contributed by atoms with Gasteiger partial charge in [-0.2, -0.15) is 0 Å². The first-order valence-electron chi connectivity index (χ1n) is 6.10. The van der Waals surface area contributed by atoms with Crippen molar-refractivity contribution in [2.75, 3.05) is 16.3 Å². The van der Waals surface area contributed by atoms with Crippen LogP contribution < -0.4 is 10.0 Å². The van der Waals surface area contributed by atoms with Crippen LogP contribution in [0, 0.1) is 0 Å². The fraction of sp³-hybridized carbons (Fsp3) is 0.143. The van der Waals surface area contributed by atoms with Gasteiger partial charge in [-0.05, 0) is 36.4 Å². The van der Waals surface area contributed by atoms with Gasteiger partial charge in [0, 0.05) is 33.5 Å². The minimum atomic E-state index is -3.26. The van der Waals surface area contributed by atoms with Crippen LogP contribution in [-0.2, 0) is 16.6 Å². The molecule has 2 rings (SSSR count). The van der Waals surface area contributed by atoms with Gasteiger partial charge in [-0.25, -0.2) is 8.42 Å². The van der Waals surface area contributed by atoms with E-state index in [1.54, 1.807) is 42.5 Å². The molecule has 2 aromatic carbocycles. The summed E-state index contributed by atoms with van der Waals surface area (Å²) in [6.45, 7) is 0.483. The predicted octanol–water partition coefficient (Wildman–Crippen LogP) is 3.98. The lowest BCUT2D eigenvalue weighted by Crippen LogP contribution is -2.09. The van der Waals surface area contributed by atoms with E-state index in [2.05, 4.69) is 10.0 Å². The third kappa shape index (κ3) is 4.81. The van der Waals surface area contributed by atoms with E-state index in [0.717, 1.165) is 17.5 Å². The van der Waals surface area contributed by atoms with Gasteiger partial charge in [-0.3, -0.25) is 4.72 Å². The van der Waals surface area contributed by atoms with Gasteiger partial charge in [0.1, 0.15) is 0 Å². The molecule has 0 bridgehead atoms. The largest absolute Gasteiger partial charge is 0.381 e. The molecule has 2 aromatic rings. The van der Waals surface area contributed by atoms with Crippen LogP contribution in [0.3, 0.4) is 0 Å². The standard InChI is InChI=1S/C14H14Cl2N2O2S/c1-21(19,20)18-11-7-5-10(6-8-11)17-9-12-13(15)3-2-4-14(12)16/h2-8,17-18H,9H2,1H3. The number of sulfonamides is 1. The molecule has 21 heavy (non-hydrogen) atoms. The molecule has 0 aliphatic heterocycles. The Labute approximate surface area is 134 Å². The first-order chi connectivity index (χ1) is 9.85. The Morgan fingerprint density at radius 2 is 1.48 bits per heavy atom. The maximum atomic E-state index is 11.1. The van der Waals surface area contributed by atoms with E-state index in [0.29, 0.717) is 22.3 Å². The first kappa shape index (κ1) is 15.9. The Bertz CT molecular complexity index is 711. The summed E-state index contributed by atoms with van der Waals surface area (Å²) in [5, 5.41) is 4.39. The molecule has 0 saturated carbocycles. The van der Waals surface area contributed by atoms with E-state index in [4.69, 9.17) is 23.2 Å². The average molecular weight is 345 g/mol. The van der Waals surface area contributed by atoms with Crippen LogP contribution in [0.4, 0.5) is 11.4 Å². The van der Waals surface area contributed by atoms with E-state index in [9.17, 15) is 8.42 Å². The van der Waals surface area contributed by atoms with Crippen molar-refractivity contribution in [3.05, 3.63) is 58.1 Å². The zero-order valence-electron chi connectivity index (χ0n) is 11.2. The molecule has 0 aromatic heterocycles. The zero-order chi connectivity index (χ0) is 15.5. The third-order valence-corrected chi connectivity index (χ3v) is 4.03. The van der Waals surface area contributed by atoms with Crippen LogP contribution in [0.15, 0.2) is 42.5 Å². The van der Waals surface area contributed by atoms with Crippen LogP contribution in [0.25, 0.3) is 0 Å². The molecule has 0 radical (unpaired) electrons. The Hall–Kier alpha value is -1.43. The summed E-state index contributed by atoms with van der Waals surface area (Å²) >= 11 is 12.2. The Balaban J connectivity index is 2.04. The Morgan fingerprint density at radius 1 is 0.952 bits per heavy atom. The number of rotatable bonds is 5. The van der Waals surface area contributed by atoms with E-state index in [1.165, 1.54) is 0 Å². The highest BCUT2D eigenvalue weighted by molar-refractivity contribution is 7.92. The van der Waals surface area contributed by atoms with Gasteiger partial charge in [0.2, 0.25) is 10.0 Å². The van der Waals surface area contributed by atoms with Crippen molar-refractivity contribution in [2.24, 2.45) is 0 Å². The summed E-state index contributed by atoms with van der Waals surface area (Å²) in [4.78, 5) is 0. The number of nitrogens with one attached hydrogen (secondary N) is 2. The first-order valence-corrected chi connectivity index (χ1v) is 8.74. The van der Waals surface area contributed by atoms with Crippen molar-refractivity contribution in [1.82, 2.24) is 0 Å². The van der Waals surface area contributed by atoms with Gasteiger partial charge in [-0.1, -0.05) is 29.3 Å². The molecule has 0 unspecified atom stereocenters. The van der Waals surface area contributed by atoms with Crippen molar-refractivity contribution in [1.29, 1.82) is 0 Å². The minimum Gasteiger partial charge on any atom is -0.381 e. The van der Waals surface area contributed by atoms with Crippen molar-refractivity contribution in [3.8, 4) is 0 Å². The molecule has 0 aliphatic carbocycles. The lowest BCUT2D eigenvalue weighted by molar-refractivity contribution is 0.607. The van der Waals surface area contributed by atoms with Gasteiger partial charge >= 0.3 is 0 Å². The summed E-state index contributed by atoms with van der Waals surface area (Å²) in [6.07, 6.45) is 1.11. The summed E-state index contributed by atoms with van der Waals surface area (Å²) in [5.41, 5.74) is 2.17. The summed E-state index contributed by atoms with van der Waals surface area (Å²) in [7, 11) is -3.26. The monoisotopic (exact) mass is 344 g/mol. The highest BCUT2D eigenvalue weighted by Crippen LogP contribution is 2.25. The molecule has 0 amide bonds. The molecule has 0 fully saturated rings. The molecule has 7 heteroatoms. The summed E-state index contributed by atoms with van der Waals surface area (Å²) < 4.78 is 24.6. The lowest BCUT2D eigenvalue weighted by Gasteiger charge is -2.10. The van der Waals surface area contributed by atoms with Gasteiger partial charge in [-0.15, -0.1) is 0 Å². The van der Waals surface area contributed by atoms with E-state index in [1.807, 2.05) is 0 Å². The summed E-state index contributed by atoms with van der Waals surface area (Å²) in [6, 6.07) is 12.3. The van der Waals surface area contributed by atoms with Gasteiger partial charge in [0.05, 0.1) is 6.26 Å². The quantitative estimate of drug-likeness (QED) is 0.862. The van der Waals surface area contributed by atoms with Gasteiger partial charge in [0.25, 0.3) is 0 Å². The molecule has 0 atom stereocenters. The fourth-order valence-corrected chi connectivity index (χ4v) is 2.86. The lowest BCUT2D eigenvalue weighted by atomic mass is 10.2. The number of anilines is 2. The number of halogens is 2. The molecule has 112 valence electrons. The molecule has 2 N–H and O–H groups in total. The average Bonchev–Trinajstić information content (AvgIpc) is 2.38. The van der Waals surface area contributed by atoms with E-state index in [-0.39, 0.29) is 0 Å². The Kier molecular flexibility index (Phi) is 4.98. The maximum absolute atomic E-state index is 11.1. The molecular weight excluding hydrogens is 331 g/mol. The third-order valence-electron chi connectivity index (χ3n) is 2.72. The van der Waals surface area contributed by atoms with Crippen LogP contribution >= 0.6 is 23.2 Å². The second-order valence-electron chi connectivity index (χ2n) is 4.51. The smallest absolute Gasteiger partial charge is 0.229 e. The van der Waals surface area contributed by atoms with E-state index < -0.39 is 10.0 Å². The molecule has 0 saturated heterocycles. The molecule has 0 aliphatic rings. The number of benzene rings is 2. The maximum Gasteiger partial charge on any atom is 0.229 e. The van der Waals surface area contributed by atoms with Crippen molar-refractivity contribution in [2.45, 2.75) is 6.54 Å². The minimum absolute atomic E-state index is 0.483. The van der Waals surface area contributed by atoms with Crippen molar-refractivity contribution < 1.29 is 8.42 Å². The molecule has 0 spiro atoms. The molecular formula is C14H14Cl2N2O2S. The number of hydrogen-bond acceptors (Lipinski definition) is 3. The van der Waals surface area contributed by atoms with Gasteiger partial charge in [0.15, 0.2) is 0 Å². The summed E-state index contributed by atoms with van der Waals surface area (Å²) in [5.74, 6) is 0. The second-order valence-corrected chi connectivity index (χ2v) is 7.07. The van der Waals surface area contributed by atoms with Crippen LogP contribution in [-0.4, -0.2) is 14.7 Å². The SMILES string of the molecule is CS(=O)(=O)Nc1ccc(NCc2c(Cl)cccc2Cl)cc1.